The van der Waals surface area contributed by atoms with E-state index in [9.17, 15) is 0 Å². The molecule has 198 valence electrons. The van der Waals surface area contributed by atoms with Gasteiger partial charge in [0.1, 0.15) is 0 Å². The third-order valence-electron chi connectivity index (χ3n) is 1.57. The molecule has 0 amide bonds. The molecule has 1 aromatic rings. The van der Waals surface area contributed by atoms with Crippen molar-refractivity contribution in [3.8, 4) is 5.75 Å². The number of benzene rings is 1. The molecule has 0 aliphatic rings. The first-order chi connectivity index (χ1) is 16.9. The van der Waals surface area contributed by atoms with Gasteiger partial charge in [0, 0.05) is 90.7 Å². The van der Waals surface area contributed by atoms with E-state index in [1.54, 1.807) is 18.2 Å². The maximum absolute atomic E-state index is 7.55. The summed E-state index contributed by atoms with van der Waals surface area (Å²) in [7, 11) is 0. The van der Waals surface area contributed by atoms with E-state index in [-0.39, 0.29) is 5.75 Å². The SMILES string of the molecule is OOOOOOOOOOOOOOOOOOOOOOOOOOOOc1ccccc1. The summed E-state index contributed by atoms with van der Waals surface area (Å²) in [5, 5.41) is 99.2. The molecule has 0 heterocycles. The van der Waals surface area contributed by atoms with Crippen LogP contribution in [-0.2, 0) is 131 Å². The van der Waals surface area contributed by atoms with Crippen molar-refractivity contribution in [1.29, 1.82) is 0 Å². The van der Waals surface area contributed by atoms with Gasteiger partial charge in [0.05, 0.1) is 0 Å². The molecule has 0 aromatic heterocycles. The third-order valence-corrected chi connectivity index (χ3v) is 1.57. The zero-order chi connectivity index (χ0) is 24.2. The fourth-order valence-electron chi connectivity index (χ4n) is 0.802. The Kier molecular flexibility index (Phi) is 22.5. The van der Waals surface area contributed by atoms with Crippen molar-refractivity contribution in [2.45, 2.75) is 0 Å². The predicted octanol–water partition coefficient (Wildman–Crippen LogP) is -0.240. The summed E-state index contributed by atoms with van der Waals surface area (Å²) in [4.78, 5) is 4.54. The smallest absolute Gasteiger partial charge is 0.168 e. The molecule has 1 rings (SSSR count). The number of hydrogen-bond acceptors (Lipinski definition) is 28. The van der Waals surface area contributed by atoms with Crippen molar-refractivity contribution in [1.82, 2.24) is 0 Å². The average Bonchev–Trinajstić information content (AvgIpc) is 2.87. The van der Waals surface area contributed by atoms with Crippen LogP contribution in [0.3, 0.4) is 0 Å². The zero-order valence-electron chi connectivity index (χ0n) is 14.9. The largest absolute Gasteiger partial charge is 0.306 e. The molecule has 0 atom stereocenters. The fourth-order valence-corrected chi connectivity index (χ4v) is 0.802. The Morgan fingerprint density at radius 3 is 0.882 bits per heavy atom. The molecule has 0 fully saturated rings. The second kappa shape index (κ2) is 25.6. The molecule has 34 heavy (non-hydrogen) atoms. The monoisotopic (exact) mass is 526 g/mol. The third kappa shape index (κ3) is 21.8. The summed E-state index contributed by atoms with van der Waals surface area (Å²) in [6, 6.07) is 8.12. The van der Waals surface area contributed by atoms with Crippen LogP contribution in [0.1, 0.15) is 0 Å². The quantitative estimate of drug-likeness (QED) is 0.0879. The van der Waals surface area contributed by atoms with Crippen molar-refractivity contribution < 1.29 is 141 Å². The van der Waals surface area contributed by atoms with Gasteiger partial charge in [0.25, 0.3) is 0 Å². The Balaban J connectivity index is 1.64. The van der Waals surface area contributed by atoms with Crippen LogP contribution < -0.4 is 4.89 Å². The Morgan fingerprint density at radius 2 is 0.588 bits per heavy atom. The van der Waals surface area contributed by atoms with Crippen molar-refractivity contribution in [3.05, 3.63) is 30.3 Å². The highest BCUT2D eigenvalue weighted by Gasteiger charge is 2.02. The van der Waals surface area contributed by atoms with E-state index in [0.717, 1.165) is 0 Å². The number of para-hydroxylation sites is 1. The molecule has 0 bridgehead atoms. The maximum Gasteiger partial charge on any atom is 0.168 e. The minimum absolute atomic E-state index is 0.282. The molecule has 1 aromatic carbocycles. The number of rotatable bonds is 27. The van der Waals surface area contributed by atoms with Gasteiger partial charge in [-0.15, -0.1) is 0 Å². The van der Waals surface area contributed by atoms with Gasteiger partial charge in [-0.3, -0.25) is 0 Å². The van der Waals surface area contributed by atoms with Crippen LogP contribution in [-0.4, -0.2) is 5.26 Å². The lowest BCUT2D eigenvalue weighted by Gasteiger charge is -2.00. The Morgan fingerprint density at radius 1 is 0.324 bits per heavy atom. The molecule has 0 saturated heterocycles. The van der Waals surface area contributed by atoms with Gasteiger partial charge in [0.2, 0.25) is 0 Å². The summed E-state index contributed by atoms with van der Waals surface area (Å²) < 4.78 is 0. The van der Waals surface area contributed by atoms with Crippen molar-refractivity contribution in [3.63, 3.8) is 0 Å². The lowest BCUT2D eigenvalue weighted by Crippen LogP contribution is -2.06. The second-order valence-corrected chi connectivity index (χ2v) is 3.17. The summed E-state index contributed by atoms with van der Waals surface area (Å²) in [6.07, 6.45) is 0. The predicted molar refractivity (Wildman–Crippen MR) is 57.9 cm³/mol. The first-order valence-corrected chi connectivity index (χ1v) is 6.63. The second-order valence-electron chi connectivity index (χ2n) is 3.17. The van der Waals surface area contributed by atoms with Gasteiger partial charge >= 0.3 is 0 Å². The van der Waals surface area contributed by atoms with Crippen LogP contribution in [0.4, 0.5) is 0 Å². The first-order valence-electron chi connectivity index (χ1n) is 6.63. The summed E-state index contributed by atoms with van der Waals surface area (Å²) >= 11 is 0. The van der Waals surface area contributed by atoms with Crippen molar-refractivity contribution >= 4 is 0 Å². The van der Waals surface area contributed by atoms with E-state index in [4.69, 9.17) is 5.26 Å². The zero-order valence-corrected chi connectivity index (χ0v) is 14.9. The Hall–Kier alpha value is -2.06. The summed E-state index contributed by atoms with van der Waals surface area (Å²) in [5.41, 5.74) is 0. The molecular formula is C6H6O28. The standard InChI is InChI=1S/C6H6O28/c7-9-11-13-15-17-19-21-23-25-27-29-31-33-34-32-30-28-26-24-22-20-18-16-14-12-10-8-6-4-2-1-3-5-6/h1-5,7H. The fraction of sp³-hybridized carbons (Fsp3) is 0. The van der Waals surface area contributed by atoms with E-state index in [2.05, 4.69) is 136 Å². The Labute approximate surface area is 178 Å². The normalized spacial score (nSPS) is 11.2. The van der Waals surface area contributed by atoms with Crippen molar-refractivity contribution in [2.75, 3.05) is 0 Å². The molecule has 0 radical (unpaired) electrons. The van der Waals surface area contributed by atoms with Crippen LogP contribution in [0.5, 0.6) is 5.75 Å². The topological polar surface area (TPSA) is 269 Å². The summed E-state index contributed by atoms with van der Waals surface area (Å²) in [5.74, 6) is 0.282. The van der Waals surface area contributed by atoms with Crippen LogP contribution in [0.15, 0.2) is 30.3 Å². The van der Waals surface area contributed by atoms with Crippen LogP contribution in [0.25, 0.3) is 0 Å². The van der Waals surface area contributed by atoms with E-state index in [0.29, 0.717) is 0 Å². The lowest BCUT2D eigenvalue weighted by molar-refractivity contribution is -0.903. The highest BCUT2D eigenvalue weighted by Crippen LogP contribution is 2.08. The number of hydrogen-bond donors (Lipinski definition) is 1. The molecular weight excluding hydrogens is 520 g/mol. The molecule has 0 unspecified atom stereocenters. The molecule has 1 N–H and O–H groups in total. The average molecular weight is 526 g/mol. The van der Waals surface area contributed by atoms with E-state index < -0.39 is 0 Å². The Bertz CT molecular complexity index is 499. The highest BCUT2D eigenvalue weighted by molar-refractivity contribution is 5.19. The van der Waals surface area contributed by atoms with E-state index >= 15 is 0 Å². The summed E-state index contributed by atoms with van der Waals surface area (Å²) in [6.45, 7) is 0. The minimum atomic E-state index is 0.282. The van der Waals surface area contributed by atoms with E-state index in [1.807, 2.05) is 0 Å². The molecule has 0 aliphatic heterocycles. The molecule has 0 spiro atoms. The van der Waals surface area contributed by atoms with Crippen molar-refractivity contribution in [2.24, 2.45) is 0 Å². The van der Waals surface area contributed by atoms with Gasteiger partial charge in [0.15, 0.2) is 5.75 Å². The van der Waals surface area contributed by atoms with Gasteiger partial charge < -0.3 is 4.89 Å². The molecule has 28 nitrogen and oxygen atoms in total. The maximum atomic E-state index is 7.55. The molecule has 28 heteroatoms. The van der Waals surface area contributed by atoms with Gasteiger partial charge in [-0.1, -0.05) is 18.2 Å². The van der Waals surface area contributed by atoms with Crippen LogP contribution >= 0.6 is 0 Å². The van der Waals surface area contributed by atoms with Gasteiger partial charge in [-0.25, -0.2) is 5.26 Å². The molecule has 0 aliphatic carbocycles. The lowest BCUT2D eigenvalue weighted by atomic mass is 10.3. The van der Waals surface area contributed by atoms with Crippen LogP contribution in [0, 0.1) is 0 Å². The highest BCUT2D eigenvalue weighted by atomic mass is 18.0. The van der Waals surface area contributed by atoms with Gasteiger partial charge in [-0.2, -0.15) is 0 Å². The molecule has 0 saturated carbocycles. The first kappa shape index (κ1) is 30.0. The van der Waals surface area contributed by atoms with E-state index in [1.165, 1.54) is 12.1 Å². The van der Waals surface area contributed by atoms with Gasteiger partial charge in [-0.05, 0) is 52.4 Å². The van der Waals surface area contributed by atoms with Crippen LogP contribution in [0.2, 0.25) is 0 Å². The minimum Gasteiger partial charge on any atom is -0.306 e.